The number of furan rings is 1. The van der Waals surface area contributed by atoms with E-state index < -0.39 is 5.97 Å². The van der Waals surface area contributed by atoms with Gasteiger partial charge in [-0.1, -0.05) is 12.8 Å². The van der Waals surface area contributed by atoms with E-state index in [2.05, 4.69) is 14.6 Å². The highest BCUT2D eigenvalue weighted by Crippen LogP contribution is 2.12. The first-order valence-electron chi connectivity index (χ1n) is 6.92. The van der Waals surface area contributed by atoms with Crippen LogP contribution in [0.5, 0.6) is 0 Å². The van der Waals surface area contributed by atoms with Gasteiger partial charge in [-0.3, -0.25) is 0 Å². The van der Waals surface area contributed by atoms with Crippen molar-refractivity contribution in [2.45, 2.75) is 32.2 Å². The minimum Gasteiger partial charge on any atom is -0.463 e. The summed E-state index contributed by atoms with van der Waals surface area (Å²) in [5, 5.41) is 0. The number of ether oxygens (including phenoxy) is 1. The van der Waals surface area contributed by atoms with Crippen molar-refractivity contribution < 1.29 is 13.9 Å². The summed E-state index contributed by atoms with van der Waals surface area (Å²) in [7, 11) is 1.32. The van der Waals surface area contributed by atoms with Crippen LogP contribution >= 0.6 is 0 Å². The second-order valence-electron chi connectivity index (χ2n) is 4.83. The predicted octanol–water partition coefficient (Wildman–Crippen LogP) is 1.76. The highest BCUT2D eigenvalue weighted by atomic mass is 16.5. The number of nitrogens with zero attached hydrogens (tertiary/aromatic N) is 2. The van der Waals surface area contributed by atoms with Gasteiger partial charge in [0.25, 0.3) is 0 Å². The lowest BCUT2D eigenvalue weighted by Gasteiger charge is -2.20. The molecule has 1 aliphatic heterocycles. The molecule has 1 saturated heterocycles. The summed E-state index contributed by atoms with van der Waals surface area (Å²) in [6, 6.07) is 3.30. The minimum absolute atomic E-state index is 0.186. The molecule has 0 saturated carbocycles. The molecule has 1 fully saturated rings. The van der Waals surface area contributed by atoms with Crippen LogP contribution in [-0.4, -0.2) is 37.0 Å². The fourth-order valence-corrected chi connectivity index (χ4v) is 2.23. The summed E-state index contributed by atoms with van der Waals surface area (Å²) in [4.78, 5) is 17.7. The Kier molecular flexibility index (Phi) is 5.03. The minimum atomic E-state index is -0.485. The van der Waals surface area contributed by atoms with E-state index in [1.165, 1.54) is 20.0 Å². The van der Waals surface area contributed by atoms with Gasteiger partial charge >= 0.3 is 5.97 Å². The molecular weight excluding hydrogens is 258 g/mol. The number of hydrogen-bond acceptors (Lipinski definition) is 4. The molecule has 0 aromatic carbocycles. The predicted molar refractivity (Wildman–Crippen MR) is 75.4 cm³/mol. The Bertz CT molecular complexity index is 474. The van der Waals surface area contributed by atoms with Crippen molar-refractivity contribution in [1.29, 1.82) is 0 Å². The number of rotatable bonds is 3. The SMILES string of the molecule is COC(=O)c1ccc(CN=C(N)N2CCCCCC2)o1. The fraction of sp³-hybridized carbons (Fsp3) is 0.571. The maximum Gasteiger partial charge on any atom is 0.373 e. The zero-order valence-corrected chi connectivity index (χ0v) is 11.8. The van der Waals surface area contributed by atoms with Crippen LogP contribution in [0, 0.1) is 0 Å². The Morgan fingerprint density at radius 3 is 2.70 bits per heavy atom. The van der Waals surface area contributed by atoms with Crippen LogP contribution < -0.4 is 5.73 Å². The van der Waals surface area contributed by atoms with Crippen molar-refractivity contribution in [2.24, 2.45) is 10.7 Å². The van der Waals surface area contributed by atoms with Gasteiger partial charge in [-0.25, -0.2) is 9.79 Å². The largest absolute Gasteiger partial charge is 0.463 e. The van der Waals surface area contributed by atoms with Crippen LogP contribution in [0.4, 0.5) is 0 Å². The Hall–Kier alpha value is -1.98. The zero-order valence-electron chi connectivity index (χ0n) is 11.8. The summed E-state index contributed by atoms with van der Waals surface area (Å²) in [6.07, 6.45) is 4.82. The summed E-state index contributed by atoms with van der Waals surface area (Å²) in [6.45, 7) is 2.25. The molecule has 6 heteroatoms. The highest BCUT2D eigenvalue weighted by molar-refractivity contribution is 5.86. The van der Waals surface area contributed by atoms with Gasteiger partial charge in [0.15, 0.2) is 5.96 Å². The molecule has 0 bridgehead atoms. The molecular formula is C14H21N3O3. The standard InChI is InChI=1S/C14H21N3O3/c1-19-13(18)12-7-6-11(20-12)10-16-14(15)17-8-4-2-3-5-9-17/h6-7H,2-5,8-10H2,1H3,(H2,15,16). The van der Waals surface area contributed by atoms with E-state index >= 15 is 0 Å². The Morgan fingerprint density at radius 1 is 1.35 bits per heavy atom. The number of likely N-dealkylation sites (tertiary alicyclic amines) is 1. The maximum absolute atomic E-state index is 11.3. The highest BCUT2D eigenvalue weighted by Gasteiger charge is 2.13. The third-order valence-electron chi connectivity index (χ3n) is 3.38. The van der Waals surface area contributed by atoms with Crippen LogP contribution in [0.1, 0.15) is 42.0 Å². The van der Waals surface area contributed by atoms with Gasteiger partial charge in [-0.2, -0.15) is 0 Å². The van der Waals surface area contributed by atoms with E-state index in [4.69, 9.17) is 10.2 Å². The van der Waals surface area contributed by atoms with Gasteiger partial charge in [-0.05, 0) is 25.0 Å². The Morgan fingerprint density at radius 2 is 2.05 bits per heavy atom. The molecule has 0 radical (unpaired) electrons. The summed E-state index contributed by atoms with van der Waals surface area (Å²) in [5.74, 6) is 0.845. The van der Waals surface area contributed by atoms with E-state index in [1.54, 1.807) is 12.1 Å². The lowest BCUT2D eigenvalue weighted by molar-refractivity contribution is 0.0563. The summed E-state index contributed by atoms with van der Waals surface area (Å²) < 4.78 is 9.93. The molecule has 110 valence electrons. The number of guanidine groups is 1. The van der Waals surface area contributed by atoms with Crippen LogP contribution in [0.2, 0.25) is 0 Å². The quantitative estimate of drug-likeness (QED) is 0.518. The van der Waals surface area contributed by atoms with Crippen molar-refractivity contribution in [3.05, 3.63) is 23.7 Å². The number of hydrogen-bond donors (Lipinski definition) is 1. The van der Waals surface area contributed by atoms with Crippen LogP contribution in [0.25, 0.3) is 0 Å². The molecule has 1 aromatic heterocycles. The number of carbonyl (C=O) groups is 1. The molecule has 0 atom stereocenters. The lowest BCUT2D eigenvalue weighted by Crippen LogP contribution is -2.38. The van der Waals surface area contributed by atoms with E-state index in [9.17, 15) is 4.79 Å². The molecule has 1 aromatic rings. The van der Waals surface area contributed by atoms with Crippen LogP contribution in [0.15, 0.2) is 21.5 Å². The first-order valence-corrected chi connectivity index (χ1v) is 6.92. The molecule has 0 unspecified atom stereocenters. The second kappa shape index (κ2) is 6.98. The topological polar surface area (TPSA) is 81.1 Å². The number of methoxy groups -OCH3 is 1. The van der Waals surface area contributed by atoms with Crippen molar-refractivity contribution in [3.8, 4) is 0 Å². The van der Waals surface area contributed by atoms with Crippen molar-refractivity contribution in [3.63, 3.8) is 0 Å². The van der Waals surface area contributed by atoms with Gasteiger partial charge < -0.3 is 19.8 Å². The van der Waals surface area contributed by atoms with Crippen molar-refractivity contribution in [1.82, 2.24) is 4.90 Å². The zero-order chi connectivity index (χ0) is 14.4. The first-order chi connectivity index (χ1) is 9.70. The molecule has 2 rings (SSSR count). The van der Waals surface area contributed by atoms with E-state index in [-0.39, 0.29) is 5.76 Å². The third kappa shape index (κ3) is 3.76. The van der Waals surface area contributed by atoms with E-state index in [0.29, 0.717) is 18.3 Å². The smallest absolute Gasteiger partial charge is 0.373 e. The van der Waals surface area contributed by atoms with Crippen molar-refractivity contribution in [2.75, 3.05) is 20.2 Å². The number of esters is 1. The number of nitrogens with two attached hydrogens (primary N) is 1. The summed E-state index contributed by atoms with van der Waals surface area (Å²) >= 11 is 0. The van der Waals surface area contributed by atoms with E-state index in [0.717, 1.165) is 25.9 Å². The second-order valence-corrected chi connectivity index (χ2v) is 4.83. The molecule has 2 heterocycles. The average molecular weight is 279 g/mol. The maximum atomic E-state index is 11.3. The lowest BCUT2D eigenvalue weighted by atomic mass is 10.2. The molecule has 1 aliphatic rings. The number of carbonyl (C=O) groups excluding carboxylic acids is 1. The monoisotopic (exact) mass is 279 g/mol. The average Bonchev–Trinajstić information content (AvgIpc) is 2.77. The fourth-order valence-electron chi connectivity index (χ4n) is 2.23. The molecule has 6 nitrogen and oxygen atoms in total. The Balaban J connectivity index is 1.93. The van der Waals surface area contributed by atoms with E-state index in [1.807, 2.05) is 0 Å². The van der Waals surface area contributed by atoms with Gasteiger partial charge in [0.1, 0.15) is 12.3 Å². The van der Waals surface area contributed by atoms with Gasteiger partial charge in [0.05, 0.1) is 7.11 Å². The van der Waals surface area contributed by atoms with Gasteiger partial charge in [-0.15, -0.1) is 0 Å². The third-order valence-corrected chi connectivity index (χ3v) is 3.38. The first kappa shape index (κ1) is 14.4. The molecule has 0 amide bonds. The summed E-state index contributed by atoms with van der Waals surface area (Å²) in [5.41, 5.74) is 6.00. The van der Waals surface area contributed by atoms with Gasteiger partial charge in [0, 0.05) is 13.1 Å². The molecule has 2 N–H and O–H groups in total. The molecule has 0 spiro atoms. The number of aliphatic imine (C=N–C) groups is 1. The van der Waals surface area contributed by atoms with Crippen LogP contribution in [-0.2, 0) is 11.3 Å². The molecule has 0 aliphatic carbocycles. The molecule has 20 heavy (non-hydrogen) atoms. The van der Waals surface area contributed by atoms with Gasteiger partial charge in [0.2, 0.25) is 5.76 Å². The normalized spacial score (nSPS) is 16.9. The Labute approximate surface area is 118 Å². The van der Waals surface area contributed by atoms with Crippen LogP contribution in [0.3, 0.4) is 0 Å². The van der Waals surface area contributed by atoms with Crippen molar-refractivity contribution >= 4 is 11.9 Å².